The number of guanidine groups is 1. The zero-order chi connectivity index (χ0) is 19.1. The number of benzene rings is 1. The lowest BCUT2D eigenvalue weighted by atomic mass is 10.1. The van der Waals surface area contributed by atoms with Crippen molar-refractivity contribution in [1.29, 1.82) is 0 Å². The Bertz CT molecular complexity index is 714. The molecule has 1 unspecified atom stereocenters. The van der Waals surface area contributed by atoms with Crippen LogP contribution < -0.4 is 10.1 Å². The predicted molar refractivity (Wildman–Crippen MR) is 122 cm³/mol. The normalized spacial score (nSPS) is 12.5. The van der Waals surface area contributed by atoms with Crippen LogP contribution in [0.25, 0.3) is 0 Å². The maximum Gasteiger partial charge on any atom is 0.193 e. The molecule has 0 aliphatic heterocycles. The van der Waals surface area contributed by atoms with Crippen LogP contribution in [-0.4, -0.2) is 47.4 Å². The molecule has 1 atom stereocenters. The number of halogens is 1. The SMILES string of the molecule is CN=C(NCC(C)Oc1ccccc1)N(C)Cc1cn(C)nc1C(C)C.I. The summed E-state index contributed by atoms with van der Waals surface area (Å²) in [5.74, 6) is 2.11. The van der Waals surface area contributed by atoms with Crippen LogP contribution in [0.2, 0.25) is 0 Å². The number of rotatable bonds is 7. The van der Waals surface area contributed by atoms with E-state index in [2.05, 4.69) is 40.4 Å². The highest BCUT2D eigenvalue weighted by Gasteiger charge is 2.15. The summed E-state index contributed by atoms with van der Waals surface area (Å²) in [7, 11) is 5.80. The molecule has 1 N–H and O–H groups in total. The second-order valence-electron chi connectivity index (χ2n) is 6.89. The molecule has 0 aliphatic rings. The molecule has 0 radical (unpaired) electrons. The quantitative estimate of drug-likeness (QED) is 0.370. The van der Waals surface area contributed by atoms with Gasteiger partial charge in [-0.15, -0.1) is 24.0 Å². The fourth-order valence-corrected chi connectivity index (χ4v) is 2.89. The number of aromatic nitrogens is 2. The standard InChI is InChI=1S/C20H31N5O.HI/c1-15(2)19-17(14-25(6)23-19)13-24(5)20(21-4)22-12-16(3)26-18-10-8-7-9-11-18;/h7-11,14-16H,12-13H2,1-6H3,(H,21,22);1H. The number of nitrogens with zero attached hydrogens (tertiary/aromatic N) is 4. The third-order valence-corrected chi connectivity index (χ3v) is 4.09. The van der Waals surface area contributed by atoms with E-state index in [0.29, 0.717) is 12.5 Å². The monoisotopic (exact) mass is 485 g/mol. The van der Waals surface area contributed by atoms with Gasteiger partial charge in [0.2, 0.25) is 0 Å². The van der Waals surface area contributed by atoms with Gasteiger partial charge in [-0.1, -0.05) is 32.0 Å². The molecule has 0 spiro atoms. The van der Waals surface area contributed by atoms with Gasteiger partial charge in [-0.05, 0) is 25.0 Å². The third kappa shape index (κ3) is 7.04. The number of nitrogens with one attached hydrogen (secondary N) is 1. The van der Waals surface area contributed by atoms with Crippen molar-refractivity contribution in [3.05, 3.63) is 47.8 Å². The zero-order valence-corrected chi connectivity index (χ0v) is 19.5. The van der Waals surface area contributed by atoms with E-state index < -0.39 is 0 Å². The van der Waals surface area contributed by atoms with E-state index in [1.54, 1.807) is 7.05 Å². The number of ether oxygens (including phenoxy) is 1. The molecule has 0 amide bonds. The van der Waals surface area contributed by atoms with E-state index in [0.717, 1.165) is 23.9 Å². The molecule has 6 nitrogen and oxygen atoms in total. The molecule has 150 valence electrons. The summed E-state index contributed by atoms with van der Waals surface area (Å²) in [5.41, 5.74) is 2.36. The van der Waals surface area contributed by atoms with Gasteiger partial charge in [0.1, 0.15) is 11.9 Å². The van der Waals surface area contributed by atoms with Crippen molar-refractivity contribution >= 4 is 29.9 Å². The topological polar surface area (TPSA) is 54.7 Å². The first kappa shape index (κ1) is 23.3. The van der Waals surface area contributed by atoms with Crippen LogP contribution in [0.4, 0.5) is 0 Å². The summed E-state index contributed by atoms with van der Waals surface area (Å²) in [6.07, 6.45) is 2.12. The minimum atomic E-state index is 0. The third-order valence-electron chi connectivity index (χ3n) is 4.09. The maximum atomic E-state index is 5.91. The summed E-state index contributed by atoms with van der Waals surface area (Å²) in [6.45, 7) is 7.82. The van der Waals surface area contributed by atoms with Gasteiger partial charge in [-0.25, -0.2) is 0 Å². The summed E-state index contributed by atoms with van der Waals surface area (Å²) in [6, 6.07) is 9.86. The van der Waals surface area contributed by atoms with Gasteiger partial charge in [0, 0.05) is 39.4 Å². The van der Waals surface area contributed by atoms with Gasteiger partial charge in [-0.3, -0.25) is 9.67 Å². The Labute approximate surface area is 180 Å². The van der Waals surface area contributed by atoms with E-state index >= 15 is 0 Å². The lowest BCUT2D eigenvalue weighted by Crippen LogP contribution is -2.42. The summed E-state index contributed by atoms with van der Waals surface area (Å²) in [5, 5.41) is 7.97. The Balaban J connectivity index is 0.00000364. The number of hydrogen-bond donors (Lipinski definition) is 1. The van der Waals surface area contributed by atoms with Crippen molar-refractivity contribution in [2.75, 3.05) is 20.6 Å². The minimum absolute atomic E-state index is 0. The Hall–Kier alpha value is -1.77. The van der Waals surface area contributed by atoms with Crippen LogP contribution in [0.3, 0.4) is 0 Å². The first-order chi connectivity index (χ1) is 12.4. The molecule has 0 saturated carbocycles. The van der Waals surface area contributed by atoms with Gasteiger partial charge >= 0.3 is 0 Å². The second kappa shape index (κ2) is 11.2. The van der Waals surface area contributed by atoms with E-state index in [-0.39, 0.29) is 30.1 Å². The molecule has 0 aliphatic carbocycles. The molecule has 2 aromatic rings. The van der Waals surface area contributed by atoms with Crippen molar-refractivity contribution in [1.82, 2.24) is 20.0 Å². The maximum absolute atomic E-state index is 5.91. The average Bonchev–Trinajstić information content (AvgIpc) is 2.97. The van der Waals surface area contributed by atoms with E-state index in [4.69, 9.17) is 4.74 Å². The number of hydrogen-bond acceptors (Lipinski definition) is 3. The van der Waals surface area contributed by atoms with Crippen molar-refractivity contribution in [2.24, 2.45) is 12.0 Å². The first-order valence-corrected chi connectivity index (χ1v) is 9.06. The van der Waals surface area contributed by atoms with E-state index in [1.807, 2.05) is 56.0 Å². The van der Waals surface area contributed by atoms with E-state index in [1.165, 1.54) is 5.56 Å². The molecule has 0 saturated heterocycles. The number of aryl methyl sites for hydroxylation is 1. The highest BCUT2D eigenvalue weighted by atomic mass is 127. The molecule has 0 fully saturated rings. The van der Waals surface area contributed by atoms with Crippen molar-refractivity contribution in [3.63, 3.8) is 0 Å². The van der Waals surface area contributed by atoms with Crippen LogP contribution in [0.15, 0.2) is 41.5 Å². The smallest absolute Gasteiger partial charge is 0.193 e. The first-order valence-electron chi connectivity index (χ1n) is 9.06. The van der Waals surface area contributed by atoms with Crippen LogP contribution in [0.5, 0.6) is 5.75 Å². The zero-order valence-electron chi connectivity index (χ0n) is 17.1. The van der Waals surface area contributed by atoms with Crippen LogP contribution >= 0.6 is 24.0 Å². The Morgan fingerprint density at radius 1 is 1.26 bits per heavy atom. The van der Waals surface area contributed by atoms with Crippen LogP contribution in [-0.2, 0) is 13.6 Å². The molecule has 1 aromatic heterocycles. The largest absolute Gasteiger partial charge is 0.489 e. The predicted octanol–water partition coefficient (Wildman–Crippen LogP) is 3.64. The fraction of sp³-hybridized carbons (Fsp3) is 0.500. The molecule has 27 heavy (non-hydrogen) atoms. The second-order valence-corrected chi connectivity index (χ2v) is 6.89. The molecule has 0 bridgehead atoms. The highest BCUT2D eigenvalue weighted by molar-refractivity contribution is 14.0. The van der Waals surface area contributed by atoms with Crippen LogP contribution in [0.1, 0.15) is 37.9 Å². The number of para-hydroxylation sites is 1. The lowest BCUT2D eigenvalue weighted by Gasteiger charge is -2.24. The Kier molecular flexibility index (Phi) is 9.62. The van der Waals surface area contributed by atoms with Gasteiger partial charge in [0.05, 0.1) is 12.2 Å². The van der Waals surface area contributed by atoms with Gasteiger partial charge in [-0.2, -0.15) is 5.10 Å². The highest BCUT2D eigenvalue weighted by Crippen LogP contribution is 2.18. The van der Waals surface area contributed by atoms with Gasteiger partial charge in [0.15, 0.2) is 5.96 Å². The molecule has 7 heteroatoms. The Morgan fingerprint density at radius 3 is 2.52 bits per heavy atom. The average molecular weight is 485 g/mol. The summed E-state index contributed by atoms with van der Waals surface area (Å²) >= 11 is 0. The van der Waals surface area contributed by atoms with Crippen LogP contribution in [0, 0.1) is 0 Å². The fourth-order valence-electron chi connectivity index (χ4n) is 2.89. The van der Waals surface area contributed by atoms with Gasteiger partial charge in [0.25, 0.3) is 0 Å². The van der Waals surface area contributed by atoms with Crippen molar-refractivity contribution in [3.8, 4) is 5.75 Å². The van der Waals surface area contributed by atoms with Crippen molar-refractivity contribution < 1.29 is 4.74 Å². The summed E-state index contributed by atoms with van der Waals surface area (Å²) in [4.78, 5) is 6.50. The van der Waals surface area contributed by atoms with Gasteiger partial charge < -0.3 is 15.0 Å². The molecule has 1 heterocycles. The molecule has 1 aromatic carbocycles. The molecular formula is C20H32IN5O. The summed E-state index contributed by atoms with van der Waals surface area (Å²) < 4.78 is 7.79. The molecular weight excluding hydrogens is 453 g/mol. The van der Waals surface area contributed by atoms with E-state index in [9.17, 15) is 0 Å². The number of aliphatic imine (C=N–C) groups is 1. The minimum Gasteiger partial charge on any atom is -0.489 e. The molecule has 2 rings (SSSR count). The Morgan fingerprint density at radius 2 is 1.93 bits per heavy atom. The van der Waals surface area contributed by atoms with Crippen molar-refractivity contribution in [2.45, 2.75) is 39.3 Å². The lowest BCUT2D eigenvalue weighted by molar-refractivity contribution is 0.222.